The normalized spacial score (nSPS) is 13.9. The van der Waals surface area contributed by atoms with E-state index in [4.69, 9.17) is 23.2 Å². The Morgan fingerprint density at radius 3 is 2.11 bits per heavy atom. The maximum Gasteiger partial charge on any atom is 0.416 e. The lowest BCUT2D eigenvalue weighted by Crippen LogP contribution is -2.32. The van der Waals surface area contributed by atoms with E-state index in [2.05, 4.69) is 10.6 Å². The summed E-state index contributed by atoms with van der Waals surface area (Å²) in [6.45, 7) is 0. The van der Waals surface area contributed by atoms with Gasteiger partial charge in [0.2, 0.25) is 0 Å². The number of nitrogens with one attached hydrogen (secondary N) is 2. The lowest BCUT2D eigenvalue weighted by atomic mass is 10.1. The third kappa shape index (κ3) is 5.05. The number of anilines is 3. The fourth-order valence-corrected chi connectivity index (χ4v) is 3.65. The zero-order chi connectivity index (χ0) is 26.2. The van der Waals surface area contributed by atoms with Gasteiger partial charge in [-0.25, -0.2) is 9.29 Å². The summed E-state index contributed by atoms with van der Waals surface area (Å²) in [4.78, 5) is 38.6. The predicted octanol–water partition coefficient (Wildman–Crippen LogP) is 6.19. The number of amides is 3. The second kappa shape index (κ2) is 9.63. The lowest BCUT2D eigenvalue weighted by Gasteiger charge is -2.15. The number of alkyl halides is 3. The van der Waals surface area contributed by atoms with Crippen LogP contribution in [0.25, 0.3) is 0 Å². The van der Waals surface area contributed by atoms with E-state index in [1.54, 1.807) is 0 Å². The number of benzene rings is 3. The topological polar surface area (TPSA) is 78.5 Å². The van der Waals surface area contributed by atoms with Gasteiger partial charge in [-0.3, -0.25) is 14.4 Å². The largest absolute Gasteiger partial charge is 0.416 e. The van der Waals surface area contributed by atoms with Crippen molar-refractivity contribution in [2.24, 2.45) is 0 Å². The van der Waals surface area contributed by atoms with Crippen LogP contribution in [0.15, 0.2) is 77.5 Å². The van der Waals surface area contributed by atoms with Crippen molar-refractivity contribution in [3.05, 3.63) is 99.4 Å². The number of nitrogens with zero attached hydrogens (tertiary/aromatic N) is 1. The molecule has 0 unspecified atom stereocenters. The first-order valence-corrected chi connectivity index (χ1v) is 10.8. The van der Waals surface area contributed by atoms with Gasteiger partial charge in [-0.05, 0) is 66.7 Å². The first-order valence-electron chi connectivity index (χ1n) is 10.0. The molecule has 0 spiro atoms. The third-order valence-electron chi connectivity index (χ3n) is 5.07. The number of carbonyl (C=O) groups is 3. The van der Waals surface area contributed by atoms with Gasteiger partial charge in [0.15, 0.2) is 0 Å². The van der Waals surface area contributed by atoms with Crippen LogP contribution in [0.4, 0.5) is 34.6 Å². The molecule has 0 saturated heterocycles. The van der Waals surface area contributed by atoms with Gasteiger partial charge in [0.05, 0.1) is 22.0 Å². The highest BCUT2D eigenvalue weighted by atomic mass is 35.5. The summed E-state index contributed by atoms with van der Waals surface area (Å²) < 4.78 is 52.0. The Kier molecular flexibility index (Phi) is 6.75. The summed E-state index contributed by atoms with van der Waals surface area (Å²) in [7, 11) is 0. The summed E-state index contributed by atoms with van der Waals surface area (Å²) in [5, 5.41) is 4.58. The molecular formula is C24H13Cl2F4N3O3. The van der Waals surface area contributed by atoms with Crippen LogP contribution < -0.4 is 15.5 Å². The molecule has 0 aliphatic carbocycles. The first kappa shape index (κ1) is 25.2. The molecule has 1 aliphatic heterocycles. The van der Waals surface area contributed by atoms with E-state index in [9.17, 15) is 31.9 Å². The average molecular weight is 538 g/mol. The van der Waals surface area contributed by atoms with E-state index in [0.29, 0.717) is 5.69 Å². The summed E-state index contributed by atoms with van der Waals surface area (Å²) in [5.41, 5.74) is -0.917. The number of imide groups is 1. The van der Waals surface area contributed by atoms with E-state index in [1.165, 1.54) is 36.4 Å². The van der Waals surface area contributed by atoms with Gasteiger partial charge in [-0.1, -0.05) is 23.2 Å². The molecule has 0 saturated carbocycles. The molecule has 12 heteroatoms. The molecule has 0 atom stereocenters. The first-order chi connectivity index (χ1) is 17.0. The van der Waals surface area contributed by atoms with Crippen molar-refractivity contribution >= 4 is 58.0 Å². The summed E-state index contributed by atoms with van der Waals surface area (Å²) in [5.74, 6) is -2.84. The molecule has 1 aliphatic rings. The van der Waals surface area contributed by atoms with Crippen molar-refractivity contribution in [2.75, 3.05) is 15.5 Å². The maximum absolute atomic E-state index is 13.2. The number of carbonyl (C=O) groups excluding carboxylic acids is 3. The van der Waals surface area contributed by atoms with Crippen molar-refractivity contribution in [3.8, 4) is 0 Å². The van der Waals surface area contributed by atoms with Crippen LogP contribution in [0.2, 0.25) is 5.02 Å². The summed E-state index contributed by atoms with van der Waals surface area (Å²) in [6.07, 6.45) is -4.61. The van der Waals surface area contributed by atoms with Gasteiger partial charge in [-0.15, -0.1) is 0 Å². The Hall–Kier alpha value is -3.89. The van der Waals surface area contributed by atoms with Crippen LogP contribution in [0, 0.1) is 5.82 Å². The molecule has 3 amide bonds. The molecular weight excluding hydrogens is 525 g/mol. The number of hydrogen-bond donors (Lipinski definition) is 2. The minimum absolute atomic E-state index is 0.0775. The van der Waals surface area contributed by atoms with E-state index in [1.807, 2.05) is 0 Å². The Labute approximate surface area is 211 Å². The van der Waals surface area contributed by atoms with Gasteiger partial charge in [0.25, 0.3) is 17.7 Å². The van der Waals surface area contributed by atoms with Gasteiger partial charge in [0.1, 0.15) is 16.5 Å². The second-order valence-electron chi connectivity index (χ2n) is 7.46. The fourth-order valence-electron chi connectivity index (χ4n) is 3.28. The zero-order valence-electron chi connectivity index (χ0n) is 17.8. The van der Waals surface area contributed by atoms with Crippen molar-refractivity contribution < 1.29 is 31.9 Å². The molecule has 2 N–H and O–H groups in total. The Morgan fingerprint density at radius 1 is 0.861 bits per heavy atom. The highest BCUT2D eigenvalue weighted by molar-refractivity contribution is 6.53. The fraction of sp³-hybridized carbons (Fsp3) is 0.0417. The monoisotopic (exact) mass is 537 g/mol. The van der Waals surface area contributed by atoms with Gasteiger partial charge >= 0.3 is 6.18 Å². The number of halogens is 6. The van der Waals surface area contributed by atoms with Gasteiger partial charge in [-0.2, -0.15) is 13.2 Å². The molecule has 0 bridgehead atoms. The van der Waals surface area contributed by atoms with Gasteiger partial charge in [0, 0.05) is 11.3 Å². The Balaban J connectivity index is 1.48. The molecule has 36 heavy (non-hydrogen) atoms. The van der Waals surface area contributed by atoms with Crippen LogP contribution in [-0.2, 0) is 15.8 Å². The van der Waals surface area contributed by atoms with Crippen molar-refractivity contribution in [1.82, 2.24) is 0 Å². The lowest BCUT2D eigenvalue weighted by molar-refractivity contribution is -0.137. The van der Waals surface area contributed by atoms with E-state index >= 15 is 0 Å². The Morgan fingerprint density at radius 2 is 1.50 bits per heavy atom. The van der Waals surface area contributed by atoms with Gasteiger partial charge < -0.3 is 10.6 Å². The summed E-state index contributed by atoms with van der Waals surface area (Å²) in [6, 6.07) is 12.7. The number of hydrogen-bond acceptors (Lipinski definition) is 4. The highest BCUT2D eigenvalue weighted by Gasteiger charge is 2.39. The Bertz CT molecular complexity index is 1410. The molecule has 1 heterocycles. The SMILES string of the molecule is O=C(Nc1cc(C(F)(F)F)ccc1Cl)c1ccc(NC2=C(Cl)C(=O)N(c3ccc(F)cc3)C2=O)cc1. The van der Waals surface area contributed by atoms with E-state index in [-0.39, 0.29) is 32.7 Å². The second-order valence-corrected chi connectivity index (χ2v) is 8.25. The minimum atomic E-state index is -4.61. The minimum Gasteiger partial charge on any atom is -0.350 e. The molecule has 0 radical (unpaired) electrons. The molecule has 4 rings (SSSR count). The quantitative estimate of drug-likeness (QED) is 0.300. The highest BCUT2D eigenvalue weighted by Crippen LogP contribution is 2.34. The molecule has 0 aromatic heterocycles. The van der Waals surface area contributed by atoms with Crippen LogP contribution in [0.5, 0.6) is 0 Å². The molecule has 3 aromatic rings. The smallest absolute Gasteiger partial charge is 0.350 e. The van der Waals surface area contributed by atoms with Crippen LogP contribution in [0.3, 0.4) is 0 Å². The standard InChI is InChI=1S/C24H13Cl2F4N3O3/c25-17-10-3-13(24(28,29)30)11-18(17)32-21(34)12-1-6-15(7-2-12)31-20-19(26)22(35)33(23(20)36)16-8-4-14(27)5-9-16/h1-11,31H,(H,32,34). The van der Waals surface area contributed by atoms with Crippen LogP contribution in [0.1, 0.15) is 15.9 Å². The third-order valence-corrected chi connectivity index (χ3v) is 5.75. The molecule has 3 aromatic carbocycles. The predicted molar refractivity (Wildman–Crippen MR) is 126 cm³/mol. The van der Waals surface area contributed by atoms with Crippen LogP contribution in [-0.4, -0.2) is 17.7 Å². The van der Waals surface area contributed by atoms with E-state index < -0.39 is 35.3 Å². The zero-order valence-corrected chi connectivity index (χ0v) is 19.3. The maximum atomic E-state index is 13.2. The van der Waals surface area contributed by atoms with E-state index in [0.717, 1.165) is 35.2 Å². The van der Waals surface area contributed by atoms with Crippen molar-refractivity contribution in [3.63, 3.8) is 0 Å². The van der Waals surface area contributed by atoms with Crippen molar-refractivity contribution in [1.29, 1.82) is 0 Å². The number of rotatable bonds is 5. The molecule has 0 fully saturated rings. The molecule has 184 valence electrons. The molecule has 6 nitrogen and oxygen atoms in total. The van der Waals surface area contributed by atoms with Crippen molar-refractivity contribution in [2.45, 2.75) is 6.18 Å². The average Bonchev–Trinajstić information content (AvgIpc) is 3.04. The summed E-state index contributed by atoms with van der Waals surface area (Å²) >= 11 is 12.0. The van der Waals surface area contributed by atoms with Crippen LogP contribution >= 0.6 is 23.2 Å².